The third kappa shape index (κ3) is 3.62. The van der Waals surface area contributed by atoms with Crippen molar-refractivity contribution in [2.45, 2.75) is 19.1 Å². The van der Waals surface area contributed by atoms with Gasteiger partial charge in [-0.15, -0.1) is 0 Å². The molecule has 1 aliphatic heterocycles. The average molecular weight is 357 g/mol. The van der Waals surface area contributed by atoms with Gasteiger partial charge >= 0.3 is 0 Å². The van der Waals surface area contributed by atoms with E-state index in [9.17, 15) is 0 Å². The normalized spacial score (nSPS) is 17.2. The van der Waals surface area contributed by atoms with Gasteiger partial charge in [-0.1, -0.05) is 41.9 Å². The predicted octanol–water partition coefficient (Wildman–Crippen LogP) is 2.71. The van der Waals surface area contributed by atoms with Crippen LogP contribution in [0.2, 0.25) is 5.15 Å². The lowest BCUT2D eigenvalue weighted by atomic mass is 10.1. The van der Waals surface area contributed by atoms with E-state index in [2.05, 4.69) is 30.3 Å². The molecule has 2 aromatic heterocycles. The Morgan fingerprint density at radius 3 is 2.92 bits per heavy atom. The first-order valence-electron chi connectivity index (χ1n) is 8.10. The molecule has 25 heavy (non-hydrogen) atoms. The standard InChI is InChI=1S/C17H17ClN6O/c18-15-6-8-19-17(20-15)24-9-7-13(10-24)25-11-14-16(22-23-21-14)12-4-2-1-3-5-12/h1-6,8,13H,7,9-11H2,(H,21,22,23). The molecule has 1 aromatic carbocycles. The number of hydrogen-bond acceptors (Lipinski definition) is 6. The minimum Gasteiger partial charge on any atom is -0.370 e. The van der Waals surface area contributed by atoms with Crippen molar-refractivity contribution in [1.29, 1.82) is 0 Å². The second kappa shape index (κ2) is 7.16. The van der Waals surface area contributed by atoms with Gasteiger partial charge in [0.25, 0.3) is 0 Å². The van der Waals surface area contributed by atoms with Crippen LogP contribution in [0.25, 0.3) is 11.3 Å². The highest BCUT2D eigenvalue weighted by Crippen LogP contribution is 2.23. The lowest BCUT2D eigenvalue weighted by Crippen LogP contribution is -2.24. The van der Waals surface area contributed by atoms with Crippen molar-refractivity contribution >= 4 is 17.5 Å². The highest BCUT2D eigenvalue weighted by atomic mass is 35.5. The first-order chi connectivity index (χ1) is 12.3. The monoisotopic (exact) mass is 356 g/mol. The fourth-order valence-corrected chi connectivity index (χ4v) is 3.03. The van der Waals surface area contributed by atoms with Crippen molar-refractivity contribution < 1.29 is 4.74 Å². The molecule has 1 atom stereocenters. The number of benzene rings is 1. The number of rotatable bonds is 5. The molecule has 1 saturated heterocycles. The molecule has 0 radical (unpaired) electrons. The van der Waals surface area contributed by atoms with Crippen LogP contribution in [0, 0.1) is 0 Å². The molecule has 0 spiro atoms. The van der Waals surface area contributed by atoms with E-state index in [0.717, 1.165) is 36.5 Å². The average Bonchev–Trinajstić information content (AvgIpc) is 3.30. The lowest BCUT2D eigenvalue weighted by molar-refractivity contribution is 0.0535. The summed E-state index contributed by atoms with van der Waals surface area (Å²) in [6, 6.07) is 11.6. The molecule has 3 heterocycles. The minimum absolute atomic E-state index is 0.0999. The number of anilines is 1. The quantitative estimate of drug-likeness (QED) is 0.708. The number of nitrogens with one attached hydrogen (secondary N) is 1. The lowest BCUT2D eigenvalue weighted by Gasteiger charge is -2.16. The zero-order chi connectivity index (χ0) is 17.1. The van der Waals surface area contributed by atoms with Gasteiger partial charge in [0.05, 0.1) is 12.7 Å². The molecule has 8 heteroatoms. The SMILES string of the molecule is Clc1ccnc(N2CCC(OCc3n[nH]nc3-c3ccccc3)C2)n1. The molecule has 7 nitrogen and oxygen atoms in total. The zero-order valence-corrected chi connectivity index (χ0v) is 14.2. The van der Waals surface area contributed by atoms with E-state index >= 15 is 0 Å². The Balaban J connectivity index is 1.38. The van der Waals surface area contributed by atoms with Crippen molar-refractivity contribution in [3.05, 3.63) is 53.4 Å². The summed E-state index contributed by atoms with van der Waals surface area (Å²) in [7, 11) is 0. The van der Waals surface area contributed by atoms with Crippen LogP contribution in [0.3, 0.4) is 0 Å². The number of aromatic nitrogens is 5. The van der Waals surface area contributed by atoms with E-state index in [4.69, 9.17) is 16.3 Å². The molecule has 1 N–H and O–H groups in total. The molecule has 4 rings (SSSR count). The van der Waals surface area contributed by atoms with Crippen LogP contribution < -0.4 is 4.90 Å². The van der Waals surface area contributed by atoms with E-state index in [1.807, 2.05) is 30.3 Å². The Labute approximate surface area is 150 Å². The van der Waals surface area contributed by atoms with E-state index in [0.29, 0.717) is 17.7 Å². The van der Waals surface area contributed by atoms with Gasteiger partial charge in [0, 0.05) is 24.8 Å². The van der Waals surface area contributed by atoms with E-state index in [1.54, 1.807) is 12.3 Å². The fraction of sp³-hybridized carbons (Fsp3) is 0.294. The van der Waals surface area contributed by atoms with Gasteiger partial charge in [-0.3, -0.25) is 0 Å². The maximum absolute atomic E-state index is 6.04. The number of ether oxygens (including phenoxy) is 1. The van der Waals surface area contributed by atoms with Crippen LogP contribution in [0.4, 0.5) is 5.95 Å². The highest BCUT2D eigenvalue weighted by molar-refractivity contribution is 6.29. The van der Waals surface area contributed by atoms with Crippen LogP contribution in [0.15, 0.2) is 42.6 Å². The summed E-state index contributed by atoms with van der Waals surface area (Å²) in [5.74, 6) is 0.644. The van der Waals surface area contributed by atoms with Crippen LogP contribution in [-0.2, 0) is 11.3 Å². The number of H-pyrrole nitrogens is 1. The predicted molar refractivity (Wildman–Crippen MR) is 94.3 cm³/mol. The maximum atomic E-state index is 6.04. The number of hydrogen-bond donors (Lipinski definition) is 1. The number of aromatic amines is 1. The molecule has 1 aliphatic rings. The van der Waals surface area contributed by atoms with Crippen LogP contribution in [0.5, 0.6) is 0 Å². The van der Waals surface area contributed by atoms with Crippen molar-refractivity contribution in [3.63, 3.8) is 0 Å². The van der Waals surface area contributed by atoms with Gasteiger partial charge in [0.1, 0.15) is 16.5 Å². The minimum atomic E-state index is 0.0999. The van der Waals surface area contributed by atoms with Gasteiger partial charge in [0.15, 0.2) is 0 Å². The Bertz CT molecular complexity index is 840. The summed E-state index contributed by atoms with van der Waals surface area (Å²) in [4.78, 5) is 10.6. The Morgan fingerprint density at radius 2 is 2.08 bits per heavy atom. The maximum Gasteiger partial charge on any atom is 0.226 e. The van der Waals surface area contributed by atoms with Crippen LogP contribution >= 0.6 is 11.6 Å². The second-order valence-electron chi connectivity index (χ2n) is 5.83. The molecule has 0 saturated carbocycles. The molecular weight excluding hydrogens is 340 g/mol. The molecule has 0 aliphatic carbocycles. The molecule has 3 aromatic rings. The molecule has 0 bridgehead atoms. The first-order valence-corrected chi connectivity index (χ1v) is 8.47. The molecule has 128 valence electrons. The zero-order valence-electron chi connectivity index (χ0n) is 13.5. The largest absolute Gasteiger partial charge is 0.370 e. The third-order valence-corrected chi connectivity index (χ3v) is 4.37. The number of nitrogens with zero attached hydrogens (tertiary/aromatic N) is 5. The molecule has 0 amide bonds. The van der Waals surface area contributed by atoms with E-state index < -0.39 is 0 Å². The Morgan fingerprint density at radius 1 is 1.20 bits per heavy atom. The first kappa shape index (κ1) is 16.0. The van der Waals surface area contributed by atoms with Crippen LogP contribution in [0.1, 0.15) is 12.1 Å². The molecule has 1 unspecified atom stereocenters. The summed E-state index contributed by atoms with van der Waals surface area (Å²) >= 11 is 5.94. The summed E-state index contributed by atoms with van der Waals surface area (Å²) < 4.78 is 6.04. The van der Waals surface area contributed by atoms with Gasteiger partial charge in [-0.25, -0.2) is 9.97 Å². The molecule has 1 fully saturated rings. The Kier molecular flexibility index (Phi) is 4.58. The van der Waals surface area contributed by atoms with Gasteiger partial charge in [-0.05, 0) is 12.5 Å². The van der Waals surface area contributed by atoms with E-state index in [1.165, 1.54) is 0 Å². The highest BCUT2D eigenvalue weighted by Gasteiger charge is 2.25. The smallest absolute Gasteiger partial charge is 0.226 e. The molecular formula is C17H17ClN6O. The summed E-state index contributed by atoms with van der Waals surface area (Å²) in [6.45, 7) is 1.99. The van der Waals surface area contributed by atoms with Crippen molar-refractivity contribution in [2.24, 2.45) is 0 Å². The topological polar surface area (TPSA) is 79.8 Å². The second-order valence-corrected chi connectivity index (χ2v) is 6.22. The van der Waals surface area contributed by atoms with Crippen LogP contribution in [-0.4, -0.2) is 44.6 Å². The van der Waals surface area contributed by atoms with Crippen molar-refractivity contribution in [3.8, 4) is 11.3 Å². The van der Waals surface area contributed by atoms with Gasteiger partial charge in [0.2, 0.25) is 5.95 Å². The fourth-order valence-electron chi connectivity index (χ4n) is 2.90. The van der Waals surface area contributed by atoms with Crippen molar-refractivity contribution in [1.82, 2.24) is 25.4 Å². The van der Waals surface area contributed by atoms with E-state index in [-0.39, 0.29) is 6.10 Å². The van der Waals surface area contributed by atoms with Crippen molar-refractivity contribution in [2.75, 3.05) is 18.0 Å². The Hall–Kier alpha value is -2.51. The third-order valence-electron chi connectivity index (χ3n) is 4.16. The number of halogens is 1. The summed E-state index contributed by atoms with van der Waals surface area (Å²) in [6.07, 6.45) is 2.68. The summed E-state index contributed by atoms with van der Waals surface area (Å²) in [5, 5.41) is 11.6. The summed E-state index contributed by atoms with van der Waals surface area (Å²) in [5.41, 5.74) is 2.66. The van der Waals surface area contributed by atoms with Gasteiger partial charge in [-0.2, -0.15) is 15.4 Å². The van der Waals surface area contributed by atoms with Gasteiger partial charge < -0.3 is 9.64 Å².